The molecule has 2 N–H and O–H groups in total. The lowest BCUT2D eigenvalue weighted by atomic mass is 10.2. The van der Waals surface area contributed by atoms with Crippen molar-refractivity contribution in [2.24, 2.45) is 0 Å². The second-order valence-corrected chi connectivity index (χ2v) is 8.36. The fraction of sp³-hybridized carbons (Fsp3) is 0.381. The van der Waals surface area contributed by atoms with Gasteiger partial charge in [-0.15, -0.1) is 11.3 Å². The van der Waals surface area contributed by atoms with Crippen LogP contribution in [0.25, 0.3) is 10.6 Å². The molecule has 3 heterocycles. The summed E-state index contributed by atoms with van der Waals surface area (Å²) >= 11 is 1.70. The van der Waals surface area contributed by atoms with Gasteiger partial charge in [-0.1, -0.05) is 11.6 Å². The van der Waals surface area contributed by atoms with Crippen LogP contribution in [-0.4, -0.2) is 37.3 Å². The van der Waals surface area contributed by atoms with Gasteiger partial charge < -0.3 is 15.0 Å². The predicted molar refractivity (Wildman–Crippen MR) is 115 cm³/mol. The first-order valence-electron chi connectivity index (χ1n) is 9.44. The van der Waals surface area contributed by atoms with Crippen molar-refractivity contribution in [3.8, 4) is 10.6 Å². The lowest BCUT2D eigenvalue weighted by Gasteiger charge is -2.15. The topological polar surface area (TPSA) is 75.9 Å². The van der Waals surface area contributed by atoms with Crippen LogP contribution in [0.5, 0.6) is 0 Å². The SMILES string of the molecule is CC(C)=CCCn1cnc(C[C@@H](CO)Nc2nccc(-c3ccc(C)s3)n2)c1. The van der Waals surface area contributed by atoms with Crippen LogP contribution in [0.15, 0.2) is 48.6 Å². The van der Waals surface area contributed by atoms with E-state index in [1.54, 1.807) is 17.5 Å². The third-order valence-electron chi connectivity index (χ3n) is 4.28. The van der Waals surface area contributed by atoms with Crippen LogP contribution in [0.4, 0.5) is 5.95 Å². The summed E-state index contributed by atoms with van der Waals surface area (Å²) in [6.07, 6.45) is 9.44. The van der Waals surface area contributed by atoms with Crippen molar-refractivity contribution in [1.29, 1.82) is 0 Å². The standard InChI is InChI=1S/C21H27N5OS/c1-15(2)5-4-10-26-12-17(23-14-26)11-18(13-27)24-21-22-9-8-19(25-21)20-7-6-16(3)28-20/h5-9,12,14,18,27H,4,10-11,13H2,1-3H3,(H,22,24,25)/t18-/m0/s1. The van der Waals surface area contributed by atoms with Gasteiger partial charge in [-0.25, -0.2) is 15.0 Å². The summed E-state index contributed by atoms with van der Waals surface area (Å²) in [5.74, 6) is 0.519. The molecule has 0 radical (unpaired) electrons. The van der Waals surface area contributed by atoms with E-state index in [1.165, 1.54) is 10.5 Å². The molecule has 0 aliphatic carbocycles. The lowest BCUT2D eigenvalue weighted by Crippen LogP contribution is -2.27. The molecule has 28 heavy (non-hydrogen) atoms. The minimum absolute atomic E-state index is 0.0175. The molecular weight excluding hydrogens is 370 g/mol. The van der Waals surface area contributed by atoms with E-state index in [-0.39, 0.29) is 12.6 Å². The summed E-state index contributed by atoms with van der Waals surface area (Å²) in [5.41, 5.74) is 3.15. The largest absolute Gasteiger partial charge is 0.394 e. The first-order valence-corrected chi connectivity index (χ1v) is 10.3. The highest BCUT2D eigenvalue weighted by atomic mass is 32.1. The van der Waals surface area contributed by atoms with Gasteiger partial charge >= 0.3 is 0 Å². The molecule has 3 aromatic heterocycles. The summed E-state index contributed by atoms with van der Waals surface area (Å²) in [6.45, 7) is 7.17. The molecule has 0 saturated carbocycles. The molecule has 3 rings (SSSR count). The fourth-order valence-electron chi connectivity index (χ4n) is 2.87. The summed E-state index contributed by atoms with van der Waals surface area (Å²) in [7, 11) is 0. The van der Waals surface area contributed by atoms with E-state index in [4.69, 9.17) is 0 Å². The van der Waals surface area contributed by atoms with Crippen LogP contribution in [0, 0.1) is 6.92 Å². The van der Waals surface area contributed by atoms with Crippen LogP contribution in [0.2, 0.25) is 0 Å². The van der Waals surface area contributed by atoms with E-state index in [2.05, 4.69) is 63.8 Å². The number of aliphatic hydroxyl groups excluding tert-OH is 1. The number of hydrogen-bond acceptors (Lipinski definition) is 6. The quantitative estimate of drug-likeness (QED) is 0.532. The minimum Gasteiger partial charge on any atom is -0.394 e. The number of nitrogens with zero attached hydrogens (tertiary/aromatic N) is 4. The predicted octanol–water partition coefficient (Wildman–Crippen LogP) is 4.08. The van der Waals surface area contributed by atoms with Gasteiger partial charge in [0.2, 0.25) is 5.95 Å². The normalized spacial score (nSPS) is 12.0. The van der Waals surface area contributed by atoms with Gasteiger partial charge in [-0.3, -0.25) is 0 Å². The Kier molecular flexibility index (Phi) is 6.95. The second kappa shape index (κ2) is 9.61. The second-order valence-electron chi connectivity index (χ2n) is 7.08. The molecule has 148 valence electrons. The molecular formula is C21H27N5OS. The zero-order valence-electron chi connectivity index (χ0n) is 16.6. The first kappa shape index (κ1) is 20.2. The Morgan fingerprint density at radius 2 is 2.14 bits per heavy atom. The Balaban J connectivity index is 1.62. The third kappa shape index (κ3) is 5.74. The zero-order valence-corrected chi connectivity index (χ0v) is 17.4. The average Bonchev–Trinajstić information content (AvgIpc) is 3.30. The number of allylic oxidation sites excluding steroid dienone is 2. The summed E-state index contributed by atoms with van der Waals surface area (Å²) in [4.78, 5) is 15.7. The zero-order chi connectivity index (χ0) is 19.9. The molecule has 0 fully saturated rings. The van der Waals surface area contributed by atoms with E-state index in [1.807, 2.05) is 18.6 Å². The Morgan fingerprint density at radius 1 is 1.29 bits per heavy atom. The smallest absolute Gasteiger partial charge is 0.223 e. The fourth-order valence-corrected chi connectivity index (χ4v) is 3.71. The highest BCUT2D eigenvalue weighted by Gasteiger charge is 2.13. The molecule has 0 spiro atoms. The van der Waals surface area contributed by atoms with Crippen LogP contribution in [-0.2, 0) is 13.0 Å². The van der Waals surface area contributed by atoms with Gasteiger partial charge in [0.25, 0.3) is 0 Å². The molecule has 0 amide bonds. The van der Waals surface area contributed by atoms with Crippen molar-refractivity contribution in [1.82, 2.24) is 19.5 Å². The number of hydrogen-bond donors (Lipinski definition) is 2. The van der Waals surface area contributed by atoms with Crippen molar-refractivity contribution in [3.63, 3.8) is 0 Å². The lowest BCUT2D eigenvalue weighted by molar-refractivity contribution is 0.272. The van der Waals surface area contributed by atoms with Gasteiger partial charge in [0.15, 0.2) is 0 Å². The Morgan fingerprint density at radius 3 is 2.86 bits per heavy atom. The van der Waals surface area contributed by atoms with Crippen LogP contribution >= 0.6 is 11.3 Å². The highest BCUT2D eigenvalue weighted by Crippen LogP contribution is 2.26. The van der Waals surface area contributed by atoms with E-state index >= 15 is 0 Å². The van der Waals surface area contributed by atoms with Crippen LogP contribution < -0.4 is 5.32 Å². The first-order chi connectivity index (χ1) is 13.5. The number of thiophene rings is 1. The van der Waals surface area contributed by atoms with Crippen LogP contribution in [0.1, 0.15) is 30.8 Å². The van der Waals surface area contributed by atoms with Gasteiger partial charge in [0.05, 0.1) is 35.2 Å². The maximum Gasteiger partial charge on any atom is 0.223 e. The average molecular weight is 398 g/mol. The van der Waals surface area contributed by atoms with Gasteiger partial charge in [-0.05, 0) is 45.4 Å². The monoisotopic (exact) mass is 397 g/mol. The Bertz CT molecular complexity index is 926. The van der Waals surface area contributed by atoms with E-state index in [0.717, 1.165) is 29.2 Å². The van der Waals surface area contributed by atoms with Crippen LogP contribution in [0.3, 0.4) is 0 Å². The van der Waals surface area contributed by atoms with Crippen molar-refractivity contribution in [2.45, 2.75) is 46.2 Å². The summed E-state index contributed by atoms with van der Waals surface area (Å²) < 4.78 is 2.08. The Labute approximate surface area is 170 Å². The number of anilines is 1. The van der Waals surface area contributed by atoms with Gasteiger partial charge in [0, 0.05) is 30.2 Å². The molecule has 1 atom stereocenters. The third-order valence-corrected chi connectivity index (χ3v) is 5.31. The molecule has 7 heteroatoms. The molecule has 0 aromatic carbocycles. The number of aliphatic hydroxyl groups is 1. The number of imidazole rings is 1. The van der Waals surface area contributed by atoms with E-state index in [9.17, 15) is 5.11 Å². The molecule has 6 nitrogen and oxygen atoms in total. The number of nitrogens with one attached hydrogen (secondary N) is 1. The molecule has 0 aliphatic rings. The van der Waals surface area contributed by atoms with Crippen molar-refractivity contribution < 1.29 is 5.11 Å². The minimum atomic E-state index is -0.193. The maximum atomic E-state index is 9.79. The number of aryl methyl sites for hydroxylation is 2. The van der Waals surface area contributed by atoms with E-state index < -0.39 is 0 Å². The van der Waals surface area contributed by atoms with Crippen molar-refractivity contribution >= 4 is 17.3 Å². The maximum absolute atomic E-state index is 9.79. The summed E-state index contributed by atoms with van der Waals surface area (Å²) in [6, 6.07) is 5.86. The van der Waals surface area contributed by atoms with Crippen molar-refractivity contribution in [3.05, 3.63) is 59.1 Å². The molecule has 3 aromatic rings. The number of aromatic nitrogens is 4. The number of rotatable bonds is 9. The molecule has 0 aliphatic heterocycles. The molecule has 0 unspecified atom stereocenters. The van der Waals surface area contributed by atoms with Crippen molar-refractivity contribution in [2.75, 3.05) is 11.9 Å². The van der Waals surface area contributed by atoms with Gasteiger partial charge in [-0.2, -0.15) is 0 Å². The Hall–Kier alpha value is -2.51. The molecule has 0 bridgehead atoms. The van der Waals surface area contributed by atoms with Gasteiger partial charge in [0.1, 0.15) is 0 Å². The highest BCUT2D eigenvalue weighted by molar-refractivity contribution is 7.15. The molecule has 0 saturated heterocycles. The van der Waals surface area contributed by atoms with E-state index in [0.29, 0.717) is 12.4 Å². The summed E-state index contributed by atoms with van der Waals surface area (Å²) in [5, 5.41) is 13.0.